The summed E-state index contributed by atoms with van der Waals surface area (Å²) in [5, 5.41) is 12.1. The number of carbonyl (C=O) groups excluding carboxylic acids is 1. The van der Waals surface area contributed by atoms with Gasteiger partial charge in [-0.3, -0.25) is 14.6 Å². The molecule has 1 atom stereocenters. The van der Waals surface area contributed by atoms with Crippen LogP contribution in [0.25, 0.3) is 0 Å². The summed E-state index contributed by atoms with van der Waals surface area (Å²) in [6, 6.07) is 3.54. The smallest absolute Gasteiger partial charge is 0.311 e. The molecular weight excluding hydrogens is 270 g/mol. The summed E-state index contributed by atoms with van der Waals surface area (Å²) in [4.78, 5) is 29.3. The van der Waals surface area contributed by atoms with Crippen LogP contribution >= 0.6 is 0 Å². The van der Waals surface area contributed by atoms with Crippen molar-refractivity contribution in [2.24, 2.45) is 5.41 Å². The van der Waals surface area contributed by atoms with Gasteiger partial charge in [-0.1, -0.05) is 0 Å². The number of carboxylic acids is 1. The van der Waals surface area contributed by atoms with Crippen molar-refractivity contribution in [1.82, 2.24) is 10.3 Å². The van der Waals surface area contributed by atoms with Crippen molar-refractivity contribution < 1.29 is 14.7 Å². The van der Waals surface area contributed by atoms with Gasteiger partial charge < -0.3 is 15.3 Å². The Morgan fingerprint density at radius 1 is 1.52 bits per heavy atom. The molecule has 1 aromatic rings. The number of hydrogen-bond donors (Lipinski definition) is 2. The van der Waals surface area contributed by atoms with E-state index in [1.807, 2.05) is 17.9 Å². The van der Waals surface area contributed by atoms with Gasteiger partial charge in [0.05, 0.1) is 5.41 Å². The number of nitrogens with zero attached hydrogens (tertiary/aromatic N) is 2. The van der Waals surface area contributed by atoms with E-state index in [-0.39, 0.29) is 5.91 Å². The predicted octanol–water partition coefficient (Wildman–Crippen LogP) is 1.52. The summed E-state index contributed by atoms with van der Waals surface area (Å²) in [6.45, 7) is 5.41. The molecule has 0 aliphatic carbocycles. The van der Waals surface area contributed by atoms with Crippen LogP contribution in [0.5, 0.6) is 0 Å². The Bertz CT molecular complexity index is 547. The van der Waals surface area contributed by atoms with Crippen molar-refractivity contribution in [1.29, 1.82) is 0 Å². The van der Waals surface area contributed by atoms with Crippen LogP contribution in [-0.4, -0.2) is 41.6 Å². The number of carboxylic acid groups (broad SMARTS) is 1. The van der Waals surface area contributed by atoms with E-state index in [2.05, 4.69) is 10.3 Å². The fraction of sp³-hybridized carbons (Fsp3) is 0.533. The van der Waals surface area contributed by atoms with Gasteiger partial charge in [-0.05, 0) is 38.8 Å². The molecule has 0 bridgehead atoms. The van der Waals surface area contributed by atoms with E-state index in [1.54, 1.807) is 19.2 Å². The fourth-order valence-electron chi connectivity index (χ4n) is 2.63. The molecule has 114 valence electrons. The van der Waals surface area contributed by atoms with E-state index in [1.165, 1.54) is 0 Å². The normalized spacial score (nSPS) is 21.9. The molecule has 1 aliphatic rings. The molecule has 1 unspecified atom stereocenters. The summed E-state index contributed by atoms with van der Waals surface area (Å²) in [7, 11) is 0. The topological polar surface area (TPSA) is 82.5 Å². The van der Waals surface area contributed by atoms with Gasteiger partial charge >= 0.3 is 5.97 Å². The molecule has 2 heterocycles. The van der Waals surface area contributed by atoms with Crippen molar-refractivity contribution in [2.75, 3.05) is 24.5 Å². The molecule has 0 radical (unpaired) electrons. The maximum Gasteiger partial charge on any atom is 0.311 e. The quantitative estimate of drug-likeness (QED) is 0.879. The van der Waals surface area contributed by atoms with Crippen LogP contribution in [0.4, 0.5) is 5.69 Å². The summed E-state index contributed by atoms with van der Waals surface area (Å²) < 4.78 is 0. The minimum absolute atomic E-state index is 0.211. The highest BCUT2D eigenvalue weighted by molar-refractivity contribution is 5.93. The Kier molecular flexibility index (Phi) is 4.45. The highest BCUT2D eigenvalue weighted by Gasteiger charge is 2.38. The first-order valence-electron chi connectivity index (χ1n) is 7.19. The van der Waals surface area contributed by atoms with Crippen molar-refractivity contribution in [3.05, 3.63) is 24.0 Å². The van der Waals surface area contributed by atoms with E-state index in [0.717, 1.165) is 18.7 Å². The average Bonchev–Trinajstić information content (AvgIpc) is 2.47. The van der Waals surface area contributed by atoms with Gasteiger partial charge in [0.1, 0.15) is 5.69 Å². The largest absolute Gasteiger partial charge is 0.481 e. The third kappa shape index (κ3) is 3.32. The lowest BCUT2D eigenvalue weighted by Crippen LogP contribution is -2.46. The summed E-state index contributed by atoms with van der Waals surface area (Å²) in [6.07, 6.45) is 3.08. The number of rotatable bonds is 4. The van der Waals surface area contributed by atoms with Crippen molar-refractivity contribution in [3.8, 4) is 0 Å². The maximum absolute atomic E-state index is 11.8. The minimum Gasteiger partial charge on any atom is -0.481 e. The molecule has 2 rings (SSSR count). The third-order valence-corrected chi connectivity index (χ3v) is 3.89. The molecule has 1 aromatic heterocycles. The number of aromatic nitrogens is 1. The number of amides is 1. The first-order chi connectivity index (χ1) is 9.96. The molecular formula is C15H21N3O3. The summed E-state index contributed by atoms with van der Waals surface area (Å²) >= 11 is 0. The number of aliphatic carboxylic acids is 1. The lowest BCUT2D eigenvalue weighted by molar-refractivity contribution is -0.148. The average molecular weight is 291 g/mol. The molecule has 0 saturated carbocycles. The molecule has 6 nitrogen and oxygen atoms in total. The third-order valence-electron chi connectivity index (χ3n) is 3.89. The molecule has 2 N–H and O–H groups in total. The van der Waals surface area contributed by atoms with Gasteiger partial charge in [0.2, 0.25) is 0 Å². The second-order valence-corrected chi connectivity index (χ2v) is 5.65. The van der Waals surface area contributed by atoms with Gasteiger partial charge in [0.15, 0.2) is 0 Å². The Morgan fingerprint density at radius 2 is 2.29 bits per heavy atom. The number of nitrogens with one attached hydrogen (secondary N) is 1. The van der Waals surface area contributed by atoms with Crippen LogP contribution in [0, 0.1) is 5.41 Å². The van der Waals surface area contributed by atoms with Gasteiger partial charge in [0.25, 0.3) is 5.91 Å². The number of pyridine rings is 1. The summed E-state index contributed by atoms with van der Waals surface area (Å²) in [5.74, 6) is -0.984. The van der Waals surface area contributed by atoms with Crippen LogP contribution in [-0.2, 0) is 4.79 Å². The number of carbonyl (C=O) groups is 2. The van der Waals surface area contributed by atoms with E-state index in [0.29, 0.717) is 25.2 Å². The molecule has 1 saturated heterocycles. The molecule has 1 amide bonds. The van der Waals surface area contributed by atoms with Gasteiger partial charge in [0, 0.05) is 31.5 Å². The SMILES string of the molecule is CCNC(=O)c1cc(N2CCCC(C)(C(=O)O)C2)ccn1. The molecule has 0 spiro atoms. The second-order valence-electron chi connectivity index (χ2n) is 5.65. The highest BCUT2D eigenvalue weighted by atomic mass is 16.4. The molecule has 0 aromatic carbocycles. The van der Waals surface area contributed by atoms with Crippen LogP contribution in [0.3, 0.4) is 0 Å². The maximum atomic E-state index is 11.8. The molecule has 21 heavy (non-hydrogen) atoms. The van der Waals surface area contributed by atoms with Crippen LogP contribution in [0.15, 0.2) is 18.3 Å². The van der Waals surface area contributed by atoms with E-state index in [9.17, 15) is 14.7 Å². The van der Waals surface area contributed by atoms with Gasteiger partial charge in [-0.15, -0.1) is 0 Å². The highest BCUT2D eigenvalue weighted by Crippen LogP contribution is 2.32. The van der Waals surface area contributed by atoms with E-state index < -0.39 is 11.4 Å². The number of anilines is 1. The molecule has 1 aliphatic heterocycles. The standard InChI is InChI=1S/C15H21N3O3/c1-3-16-13(19)12-9-11(5-7-17-12)18-8-4-6-15(2,10-18)14(20)21/h5,7,9H,3-4,6,8,10H2,1-2H3,(H,16,19)(H,20,21). The lowest BCUT2D eigenvalue weighted by Gasteiger charge is -2.38. The first kappa shape index (κ1) is 15.3. The van der Waals surface area contributed by atoms with Crippen LogP contribution in [0.2, 0.25) is 0 Å². The number of hydrogen-bond acceptors (Lipinski definition) is 4. The van der Waals surface area contributed by atoms with Crippen molar-refractivity contribution in [3.63, 3.8) is 0 Å². The van der Waals surface area contributed by atoms with Crippen LogP contribution < -0.4 is 10.2 Å². The lowest BCUT2D eigenvalue weighted by atomic mass is 9.82. The first-order valence-corrected chi connectivity index (χ1v) is 7.19. The van der Waals surface area contributed by atoms with Crippen LogP contribution in [0.1, 0.15) is 37.2 Å². The molecule has 6 heteroatoms. The van der Waals surface area contributed by atoms with E-state index in [4.69, 9.17) is 0 Å². The Balaban J connectivity index is 2.20. The van der Waals surface area contributed by atoms with E-state index >= 15 is 0 Å². The predicted molar refractivity (Wildman–Crippen MR) is 79.4 cm³/mol. The second kappa shape index (κ2) is 6.11. The van der Waals surface area contributed by atoms with Crippen molar-refractivity contribution >= 4 is 17.6 Å². The molecule has 1 fully saturated rings. The minimum atomic E-state index is -0.773. The fourth-order valence-corrected chi connectivity index (χ4v) is 2.63. The Labute approximate surface area is 124 Å². The Morgan fingerprint density at radius 3 is 2.95 bits per heavy atom. The zero-order chi connectivity index (χ0) is 15.5. The number of piperidine rings is 1. The van der Waals surface area contributed by atoms with Gasteiger partial charge in [-0.2, -0.15) is 0 Å². The summed E-state index contributed by atoms with van der Waals surface area (Å²) in [5.41, 5.74) is 0.461. The van der Waals surface area contributed by atoms with Crippen molar-refractivity contribution in [2.45, 2.75) is 26.7 Å². The zero-order valence-electron chi connectivity index (χ0n) is 12.4. The Hall–Kier alpha value is -2.11. The van der Waals surface area contributed by atoms with Gasteiger partial charge in [-0.25, -0.2) is 0 Å². The zero-order valence-corrected chi connectivity index (χ0v) is 12.4. The monoisotopic (exact) mass is 291 g/mol.